The maximum absolute atomic E-state index is 4.29. The normalized spacial score (nSPS) is 10.7. The summed E-state index contributed by atoms with van der Waals surface area (Å²) in [6.45, 7) is 3.14. The van der Waals surface area contributed by atoms with E-state index >= 15 is 0 Å². The molecule has 2 aromatic heterocycles. The molecule has 0 aliphatic rings. The molecule has 2 N–H and O–H groups in total. The van der Waals surface area contributed by atoms with E-state index in [-0.39, 0.29) is 0 Å². The smallest absolute Gasteiger partial charge is 0.202 e. The second-order valence-corrected chi connectivity index (χ2v) is 3.48. The van der Waals surface area contributed by atoms with Crippen molar-refractivity contribution in [2.24, 2.45) is 0 Å². The van der Waals surface area contributed by atoms with Crippen molar-refractivity contribution in [3.8, 4) is 0 Å². The van der Waals surface area contributed by atoms with Crippen LogP contribution in [0, 0.1) is 0 Å². The number of unbranched alkanes of at least 4 members (excludes halogenated alkanes) is 2. The van der Waals surface area contributed by atoms with Gasteiger partial charge < -0.3 is 10.3 Å². The summed E-state index contributed by atoms with van der Waals surface area (Å²) in [6, 6.07) is 0. The molecular formula is C10H15N5. The lowest BCUT2D eigenvalue weighted by Gasteiger charge is -2.00. The van der Waals surface area contributed by atoms with E-state index in [1.165, 1.54) is 25.6 Å². The standard InChI is InChI=1S/C10H15N5/c1-2-3-4-5-12-10-14-8-6-11-7-13-9(8)15-10/h6-7H,2-5H2,1H3,(H2,11,12,13,14,15). The molecule has 0 saturated carbocycles. The molecule has 0 atom stereocenters. The van der Waals surface area contributed by atoms with Crippen LogP contribution in [0.2, 0.25) is 0 Å². The van der Waals surface area contributed by atoms with Gasteiger partial charge in [0.25, 0.3) is 0 Å². The number of nitrogens with zero attached hydrogens (tertiary/aromatic N) is 3. The zero-order valence-electron chi connectivity index (χ0n) is 8.82. The topological polar surface area (TPSA) is 66.5 Å². The van der Waals surface area contributed by atoms with Crippen molar-refractivity contribution < 1.29 is 0 Å². The largest absolute Gasteiger partial charge is 0.356 e. The van der Waals surface area contributed by atoms with Crippen LogP contribution in [0.5, 0.6) is 0 Å². The first-order valence-corrected chi connectivity index (χ1v) is 5.29. The first kappa shape index (κ1) is 9.89. The third-order valence-electron chi connectivity index (χ3n) is 2.23. The van der Waals surface area contributed by atoms with E-state index in [0.29, 0.717) is 5.65 Å². The summed E-state index contributed by atoms with van der Waals surface area (Å²) in [6.07, 6.45) is 6.87. The number of hydrogen-bond donors (Lipinski definition) is 2. The van der Waals surface area contributed by atoms with Gasteiger partial charge in [0.1, 0.15) is 11.8 Å². The van der Waals surface area contributed by atoms with Gasteiger partial charge in [-0.1, -0.05) is 19.8 Å². The van der Waals surface area contributed by atoms with Crippen molar-refractivity contribution in [2.75, 3.05) is 11.9 Å². The highest BCUT2D eigenvalue weighted by Crippen LogP contribution is 2.09. The third kappa shape index (κ3) is 2.43. The first-order chi connectivity index (χ1) is 7.40. The van der Waals surface area contributed by atoms with Crippen molar-refractivity contribution >= 4 is 17.1 Å². The minimum absolute atomic E-state index is 0.711. The minimum Gasteiger partial charge on any atom is -0.356 e. The van der Waals surface area contributed by atoms with Gasteiger partial charge >= 0.3 is 0 Å². The fraction of sp³-hybridized carbons (Fsp3) is 0.500. The average Bonchev–Trinajstić information content (AvgIpc) is 2.67. The molecule has 0 unspecified atom stereocenters. The number of fused-ring (bicyclic) bond motifs is 1. The maximum Gasteiger partial charge on any atom is 0.202 e. The van der Waals surface area contributed by atoms with E-state index in [2.05, 4.69) is 32.2 Å². The first-order valence-electron chi connectivity index (χ1n) is 5.29. The van der Waals surface area contributed by atoms with Crippen LogP contribution < -0.4 is 5.32 Å². The van der Waals surface area contributed by atoms with Crippen molar-refractivity contribution in [3.05, 3.63) is 12.5 Å². The fourth-order valence-electron chi connectivity index (χ4n) is 1.43. The molecule has 0 aliphatic heterocycles. The number of hydrogen-bond acceptors (Lipinski definition) is 4. The third-order valence-corrected chi connectivity index (χ3v) is 2.23. The van der Waals surface area contributed by atoms with E-state index in [1.807, 2.05) is 0 Å². The van der Waals surface area contributed by atoms with Gasteiger partial charge in [0.15, 0.2) is 5.65 Å². The fourth-order valence-corrected chi connectivity index (χ4v) is 1.43. The molecule has 0 radical (unpaired) electrons. The highest BCUT2D eigenvalue weighted by atomic mass is 15.1. The van der Waals surface area contributed by atoms with Crippen molar-refractivity contribution in [1.29, 1.82) is 0 Å². The Bertz CT molecular complexity index is 389. The quantitative estimate of drug-likeness (QED) is 0.732. The van der Waals surface area contributed by atoms with E-state index in [1.54, 1.807) is 6.20 Å². The second kappa shape index (κ2) is 4.72. The Hall–Kier alpha value is -1.65. The zero-order valence-corrected chi connectivity index (χ0v) is 8.82. The highest BCUT2D eigenvalue weighted by Gasteiger charge is 2.01. The summed E-state index contributed by atoms with van der Waals surface area (Å²) < 4.78 is 0. The van der Waals surface area contributed by atoms with Gasteiger partial charge in [-0.3, -0.25) is 0 Å². The minimum atomic E-state index is 0.711. The van der Waals surface area contributed by atoms with Gasteiger partial charge in [-0.05, 0) is 6.42 Å². The molecular weight excluding hydrogens is 190 g/mol. The Morgan fingerprint density at radius 3 is 3.13 bits per heavy atom. The Balaban J connectivity index is 1.97. The monoisotopic (exact) mass is 205 g/mol. The van der Waals surface area contributed by atoms with Crippen LogP contribution >= 0.6 is 0 Å². The summed E-state index contributed by atoms with van der Waals surface area (Å²) in [5, 5.41) is 3.23. The molecule has 0 fully saturated rings. The molecule has 5 heteroatoms. The van der Waals surface area contributed by atoms with E-state index in [9.17, 15) is 0 Å². The average molecular weight is 205 g/mol. The molecule has 15 heavy (non-hydrogen) atoms. The van der Waals surface area contributed by atoms with E-state index < -0.39 is 0 Å². The van der Waals surface area contributed by atoms with Gasteiger partial charge in [-0.25, -0.2) is 9.97 Å². The molecule has 0 saturated heterocycles. The summed E-state index contributed by atoms with van der Waals surface area (Å²) in [5.41, 5.74) is 1.58. The molecule has 0 aromatic carbocycles. The van der Waals surface area contributed by atoms with Crippen LogP contribution in [-0.2, 0) is 0 Å². The maximum atomic E-state index is 4.29. The van der Waals surface area contributed by atoms with Crippen molar-refractivity contribution in [1.82, 2.24) is 19.9 Å². The van der Waals surface area contributed by atoms with Crippen LogP contribution in [0.4, 0.5) is 5.95 Å². The predicted molar refractivity (Wildman–Crippen MR) is 59.7 cm³/mol. The number of rotatable bonds is 5. The lowest BCUT2D eigenvalue weighted by molar-refractivity contribution is 0.741. The molecule has 0 bridgehead atoms. The SMILES string of the molecule is CCCCCNc1nc2ncncc2[nH]1. The summed E-state index contributed by atoms with van der Waals surface area (Å²) >= 11 is 0. The van der Waals surface area contributed by atoms with E-state index in [0.717, 1.165) is 18.0 Å². The van der Waals surface area contributed by atoms with Gasteiger partial charge in [0.2, 0.25) is 5.95 Å². The Kier molecular flexibility index (Phi) is 3.11. The molecule has 80 valence electrons. The molecule has 2 heterocycles. The lowest BCUT2D eigenvalue weighted by Crippen LogP contribution is -2.02. The molecule has 2 aromatic rings. The van der Waals surface area contributed by atoms with Crippen LogP contribution in [0.15, 0.2) is 12.5 Å². The van der Waals surface area contributed by atoms with Gasteiger partial charge in [-0.2, -0.15) is 4.98 Å². The van der Waals surface area contributed by atoms with Crippen LogP contribution in [-0.4, -0.2) is 26.5 Å². The predicted octanol–water partition coefficient (Wildman–Crippen LogP) is 1.95. The van der Waals surface area contributed by atoms with Crippen LogP contribution in [0.3, 0.4) is 0 Å². The van der Waals surface area contributed by atoms with Gasteiger partial charge in [0, 0.05) is 6.54 Å². The number of aromatic amines is 1. The number of nitrogens with one attached hydrogen (secondary N) is 2. The molecule has 5 nitrogen and oxygen atoms in total. The molecule has 2 rings (SSSR count). The Morgan fingerprint density at radius 2 is 2.33 bits per heavy atom. The van der Waals surface area contributed by atoms with Gasteiger partial charge in [0.05, 0.1) is 6.20 Å². The Labute approximate surface area is 88.4 Å². The zero-order chi connectivity index (χ0) is 10.5. The number of imidazole rings is 1. The van der Waals surface area contributed by atoms with Crippen LogP contribution in [0.1, 0.15) is 26.2 Å². The molecule has 0 spiro atoms. The summed E-state index contributed by atoms with van der Waals surface area (Å²) in [5.74, 6) is 0.779. The summed E-state index contributed by atoms with van der Waals surface area (Å²) in [4.78, 5) is 15.4. The highest BCUT2D eigenvalue weighted by molar-refractivity contribution is 5.71. The van der Waals surface area contributed by atoms with Crippen molar-refractivity contribution in [2.45, 2.75) is 26.2 Å². The van der Waals surface area contributed by atoms with E-state index in [4.69, 9.17) is 0 Å². The number of aromatic nitrogens is 4. The summed E-state index contributed by atoms with van der Waals surface area (Å²) in [7, 11) is 0. The van der Waals surface area contributed by atoms with Crippen LogP contribution in [0.25, 0.3) is 11.2 Å². The van der Waals surface area contributed by atoms with Gasteiger partial charge in [-0.15, -0.1) is 0 Å². The van der Waals surface area contributed by atoms with Crippen molar-refractivity contribution in [3.63, 3.8) is 0 Å². The Morgan fingerprint density at radius 1 is 1.40 bits per heavy atom. The lowest BCUT2D eigenvalue weighted by atomic mass is 10.2. The second-order valence-electron chi connectivity index (χ2n) is 3.48. The molecule has 0 aliphatic carbocycles. The molecule has 0 amide bonds. The number of H-pyrrole nitrogens is 1. The number of anilines is 1.